The summed E-state index contributed by atoms with van der Waals surface area (Å²) in [6, 6.07) is 10.5. The molecule has 2 rings (SSSR count). The van der Waals surface area contributed by atoms with Crippen LogP contribution in [0, 0.1) is 10.1 Å². The number of carbonyl (C=O) groups is 1. The Hall–Kier alpha value is -1.73. The van der Waals surface area contributed by atoms with Gasteiger partial charge >= 0.3 is 5.97 Å². The maximum Gasteiger partial charge on any atom is 0.343 e. The molecular weight excluding hydrogens is 394 g/mol. The van der Waals surface area contributed by atoms with E-state index >= 15 is 0 Å². The van der Waals surface area contributed by atoms with Gasteiger partial charge < -0.3 is 4.74 Å². The first-order chi connectivity index (χ1) is 9.47. The van der Waals surface area contributed by atoms with Crippen molar-refractivity contribution in [3.8, 4) is 5.75 Å². The van der Waals surface area contributed by atoms with Crippen LogP contribution in [-0.2, 0) is 0 Å². The molecule has 0 N–H and O–H groups in total. The third-order valence-corrected chi connectivity index (χ3v) is 3.50. The molecular formula is C13H7Br2NO4. The van der Waals surface area contributed by atoms with E-state index < -0.39 is 10.9 Å². The molecule has 0 fully saturated rings. The number of benzene rings is 2. The summed E-state index contributed by atoms with van der Waals surface area (Å²) >= 11 is 6.56. The lowest BCUT2D eigenvalue weighted by Gasteiger charge is -2.06. The monoisotopic (exact) mass is 399 g/mol. The number of carbonyl (C=O) groups excluding carboxylic acids is 1. The number of nitro benzene ring substituents is 1. The predicted molar refractivity (Wildman–Crippen MR) is 79.9 cm³/mol. The number of rotatable bonds is 3. The lowest BCUT2D eigenvalue weighted by molar-refractivity contribution is -0.384. The van der Waals surface area contributed by atoms with Crippen LogP contribution in [0.4, 0.5) is 5.69 Å². The van der Waals surface area contributed by atoms with Crippen molar-refractivity contribution in [1.29, 1.82) is 0 Å². The summed E-state index contributed by atoms with van der Waals surface area (Å²) in [4.78, 5) is 22.1. The van der Waals surface area contributed by atoms with Gasteiger partial charge in [-0.05, 0) is 40.2 Å². The van der Waals surface area contributed by atoms with Crippen LogP contribution in [0.15, 0.2) is 51.4 Å². The van der Waals surface area contributed by atoms with Crippen molar-refractivity contribution in [2.75, 3.05) is 0 Å². The highest BCUT2D eigenvalue weighted by molar-refractivity contribution is 9.11. The first kappa shape index (κ1) is 14.7. The Kier molecular flexibility index (Phi) is 4.51. The van der Waals surface area contributed by atoms with Crippen LogP contribution in [0.25, 0.3) is 0 Å². The van der Waals surface area contributed by atoms with Crippen molar-refractivity contribution in [3.05, 3.63) is 67.1 Å². The SMILES string of the molecule is O=C(Oc1ccc(Br)cc1Br)c1cccc([N+](=O)[O-])c1. The Morgan fingerprint density at radius 1 is 1.15 bits per heavy atom. The summed E-state index contributed by atoms with van der Waals surface area (Å²) in [5.41, 5.74) is -0.0386. The van der Waals surface area contributed by atoms with Crippen molar-refractivity contribution >= 4 is 43.5 Å². The first-order valence-electron chi connectivity index (χ1n) is 5.39. The number of hydrogen-bond acceptors (Lipinski definition) is 4. The molecule has 0 aromatic heterocycles. The van der Waals surface area contributed by atoms with Gasteiger partial charge in [-0.3, -0.25) is 10.1 Å². The maximum atomic E-state index is 11.9. The Morgan fingerprint density at radius 3 is 2.55 bits per heavy atom. The van der Waals surface area contributed by atoms with Crippen molar-refractivity contribution < 1.29 is 14.5 Å². The predicted octanol–water partition coefficient (Wildman–Crippen LogP) is 4.34. The fourth-order valence-electron chi connectivity index (χ4n) is 1.46. The summed E-state index contributed by atoms with van der Waals surface area (Å²) in [6.07, 6.45) is 0. The topological polar surface area (TPSA) is 69.4 Å². The standard InChI is InChI=1S/C13H7Br2NO4/c14-9-4-5-12(11(15)7-9)20-13(17)8-2-1-3-10(6-8)16(18)19/h1-7H. The highest BCUT2D eigenvalue weighted by Gasteiger charge is 2.14. The van der Waals surface area contributed by atoms with E-state index in [0.29, 0.717) is 10.2 Å². The van der Waals surface area contributed by atoms with Gasteiger partial charge in [0.05, 0.1) is 15.0 Å². The third-order valence-electron chi connectivity index (χ3n) is 2.39. The Bertz CT molecular complexity index is 688. The average Bonchev–Trinajstić information content (AvgIpc) is 2.42. The van der Waals surface area contributed by atoms with Crippen molar-refractivity contribution in [2.45, 2.75) is 0 Å². The fraction of sp³-hybridized carbons (Fsp3) is 0. The summed E-state index contributed by atoms with van der Waals surface area (Å²) in [5, 5.41) is 10.7. The van der Waals surface area contributed by atoms with Gasteiger partial charge in [0.2, 0.25) is 0 Å². The van der Waals surface area contributed by atoms with Crippen molar-refractivity contribution in [3.63, 3.8) is 0 Å². The van der Waals surface area contributed by atoms with Crippen LogP contribution in [0.3, 0.4) is 0 Å². The molecule has 5 nitrogen and oxygen atoms in total. The van der Waals surface area contributed by atoms with E-state index in [1.165, 1.54) is 24.3 Å². The highest BCUT2D eigenvalue weighted by Crippen LogP contribution is 2.29. The second kappa shape index (κ2) is 6.15. The number of hydrogen-bond donors (Lipinski definition) is 0. The third kappa shape index (κ3) is 3.43. The molecule has 0 heterocycles. The van der Waals surface area contributed by atoms with E-state index in [4.69, 9.17) is 4.74 Å². The number of nitro groups is 1. The Morgan fingerprint density at radius 2 is 1.90 bits per heavy atom. The zero-order valence-electron chi connectivity index (χ0n) is 9.88. The van der Waals surface area contributed by atoms with E-state index in [0.717, 1.165) is 4.47 Å². The maximum absolute atomic E-state index is 11.9. The normalized spacial score (nSPS) is 10.1. The minimum absolute atomic E-state index is 0.119. The summed E-state index contributed by atoms with van der Waals surface area (Å²) in [7, 11) is 0. The van der Waals surface area contributed by atoms with Gasteiger partial charge in [0, 0.05) is 16.6 Å². The molecule has 0 aliphatic heterocycles. The summed E-state index contributed by atoms with van der Waals surface area (Å²) in [5.74, 6) is -0.318. The van der Waals surface area contributed by atoms with Crippen LogP contribution in [0.2, 0.25) is 0 Å². The summed E-state index contributed by atoms with van der Waals surface area (Å²) < 4.78 is 6.63. The fourth-order valence-corrected chi connectivity index (χ4v) is 2.59. The van der Waals surface area contributed by atoms with Gasteiger partial charge in [-0.15, -0.1) is 0 Å². The van der Waals surface area contributed by atoms with Crippen LogP contribution < -0.4 is 4.74 Å². The largest absolute Gasteiger partial charge is 0.422 e. The molecule has 0 unspecified atom stereocenters. The Labute approximate surface area is 131 Å². The van der Waals surface area contributed by atoms with Crippen LogP contribution in [0.1, 0.15) is 10.4 Å². The molecule has 0 aliphatic carbocycles. The molecule has 102 valence electrons. The smallest absolute Gasteiger partial charge is 0.343 e. The van der Waals surface area contributed by atoms with Gasteiger partial charge in [0.15, 0.2) is 0 Å². The molecule has 0 saturated carbocycles. The van der Waals surface area contributed by atoms with Crippen LogP contribution >= 0.6 is 31.9 Å². The van der Waals surface area contributed by atoms with Gasteiger partial charge in [-0.25, -0.2) is 4.79 Å². The van der Waals surface area contributed by atoms with Gasteiger partial charge in [0.25, 0.3) is 5.69 Å². The van der Waals surface area contributed by atoms with E-state index in [9.17, 15) is 14.9 Å². The van der Waals surface area contributed by atoms with Crippen molar-refractivity contribution in [2.24, 2.45) is 0 Å². The van der Waals surface area contributed by atoms with E-state index in [1.54, 1.807) is 18.2 Å². The van der Waals surface area contributed by atoms with Crippen LogP contribution in [-0.4, -0.2) is 10.9 Å². The molecule has 2 aromatic carbocycles. The molecule has 2 aromatic rings. The quantitative estimate of drug-likeness (QED) is 0.332. The highest BCUT2D eigenvalue weighted by atomic mass is 79.9. The van der Waals surface area contributed by atoms with Crippen LogP contribution in [0.5, 0.6) is 5.75 Å². The lowest BCUT2D eigenvalue weighted by atomic mass is 10.2. The number of non-ortho nitro benzene ring substituents is 1. The number of ether oxygens (including phenoxy) is 1. The average molecular weight is 401 g/mol. The zero-order valence-corrected chi connectivity index (χ0v) is 13.0. The van der Waals surface area contributed by atoms with Gasteiger partial charge in [-0.2, -0.15) is 0 Å². The molecule has 0 bridgehead atoms. The van der Waals surface area contributed by atoms with Crippen molar-refractivity contribution in [1.82, 2.24) is 0 Å². The molecule has 0 amide bonds. The molecule has 0 spiro atoms. The molecule has 7 heteroatoms. The van der Waals surface area contributed by atoms with E-state index in [2.05, 4.69) is 31.9 Å². The molecule has 0 saturated heterocycles. The number of nitrogens with zero attached hydrogens (tertiary/aromatic N) is 1. The minimum atomic E-state index is -0.656. The van der Waals surface area contributed by atoms with E-state index in [-0.39, 0.29) is 11.3 Å². The molecule has 0 aliphatic rings. The Balaban J connectivity index is 2.24. The number of halogens is 2. The second-order valence-electron chi connectivity index (χ2n) is 3.77. The number of esters is 1. The lowest BCUT2D eigenvalue weighted by Crippen LogP contribution is -2.09. The second-order valence-corrected chi connectivity index (χ2v) is 5.54. The first-order valence-corrected chi connectivity index (χ1v) is 6.97. The molecule has 0 radical (unpaired) electrons. The van der Waals surface area contributed by atoms with E-state index in [1.807, 2.05) is 0 Å². The zero-order chi connectivity index (χ0) is 14.7. The molecule has 0 atom stereocenters. The van der Waals surface area contributed by atoms with Gasteiger partial charge in [-0.1, -0.05) is 22.0 Å². The molecule has 20 heavy (non-hydrogen) atoms. The van der Waals surface area contributed by atoms with Gasteiger partial charge in [0.1, 0.15) is 5.75 Å². The summed E-state index contributed by atoms with van der Waals surface area (Å²) in [6.45, 7) is 0. The minimum Gasteiger partial charge on any atom is -0.422 e.